The molecule has 1 saturated heterocycles. The van der Waals surface area contributed by atoms with Crippen LogP contribution < -0.4 is 4.90 Å². The van der Waals surface area contributed by atoms with E-state index in [9.17, 15) is 4.79 Å². The van der Waals surface area contributed by atoms with E-state index < -0.39 is 6.04 Å². The van der Waals surface area contributed by atoms with Gasteiger partial charge in [-0.15, -0.1) is 0 Å². The fraction of sp³-hybridized carbons (Fsp3) is 0.455. The first kappa shape index (κ1) is 12.3. The third-order valence-corrected chi connectivity index (χ3v) is 2.65. The van der Waals surface area contributed by atoms with Crippen molar-refractivity contribution in [2.24, 2.45) is 0 Å². The molecule has 0 radical (unpaired) electrons. The largest absolute Gasteiger partial charge is 0.467 e. The van der Waals surface area contributed by atoms with E-state index in [0.29, 0.717) is 19.0 Å². The molecule has 1 aliphatic rings. The van der Waals surface area contributed by atoms with Crippen molar-refractivity contribution in [1.29, 1.82) is 5.26 Å². The minimum Gasteiger partial charge on any atom is -0.467 e. The highest BCUT2D eigenvalue weighted by Crippen LogP contribution is 2.17. The second-order valence-corrected chi connectivity index (χ2v) is 3.68. The zero-order valence-corrected chi connectivity index (χ0v) is 9.87. The Hall–Kier alpha value is -2.20. The summed E-state index contributed by atoms with van der Waals surface area (Å²) in [6, 6.07) is 1.37. The fourth-order valence-corrected chi connectivity index (χ4v) is 1.74. The van der Waals surface area contributed by atoms with Crippen molar-refractivity contribution in [1.82, 2.24) is 9.97 Å². The second-order valence-electron chi connectivity index (χ2n) is 3.68. The first-order chi connectivity index (χ1) is 8.76. The molecule has 0 aromatic carbocycles. The van der Waals surface area contributed by atoms with Gasteiger partial charge in [0.05, 0.1) is 32.7 Å². The van der Waals surface area contributed by atoms with Gasteiger partial charge >= 0.3 is 5.97 Å². The molecule has 2 rings (SSSR count). The molecule has 1 unspecified atom stereocenters. The van der Waals surface area contributed by atoms with Crippen molar-refractivity contribution in [3.05, 3.63) is 18.1 Å². The number of morpholine rings is 1. The molecular formula is C11H12N4O3. The van der Waals surface area contributed by atoms with Gasteiger partial charge < -0.3 is 14.4 Å². The van der Waals surface area contributed by atoms with Crippen LogP contribution in [0, 0.1) is 11.3 Å². The van der Waals surface area contributed by atoms with E-state index in [1.165, 1.54) is 19.5 Å². The molecule has 1 aromatic heterocycles. The molecule has 0 N–H and O–H groups in total. The van der Waals surface area contributed by atoms with E-state index in [1.54, 1.807) is 4.90 Å². The Balaban J connectivity index is 2.22. The number of esters is 1. The number of aromatic nitrogens is 2. The van der Waals surface area contributed by atoms with Crippen molar-refractivity contribution in [3.63, 3.8) is 0 Å². The minimum atomic E-state index is -0.522. The molecule has 1 aromatic rings. The Bertz CT molecular complexity index is 468. The Morgan fingerprint density at radius 2 is 2.44 bits per heavy atom. The number of nitriles is 1. The lowest BCUT2D eigenvalue weighted by Gasteiger charge is -2.34. The van der Waals surface area contributed by atoms with Gasteiger partial charge in [-0.2, -0.15) is 5.26 Å². The monoisotopic (exact) mass is 248 g/mol. The van der Waals surface area contributed by atoms with Crippen LogP contribution in [0.5, 0.6) is 0 Å². The van der Waals surface area contributed by atoms with Crippen LogP contribution in [-0.2, 0) is 14.3 Å². The van der Waals surface area contributed by atoms with Gasteiger partial charge in [0.2, 0.25) is 0 Å². The SMILES string of the molecule is COC(=O)C1COCCN1c1cnc(C#N)cn1. The standard InChI is InChI=1S/C11H12N4O3/c1-17-11(16)9-7-18-3-2-15(9)10-6-13-8(4-12)5-14-10/h5-6,9H,2-3,7H2,1H3. The Morgan fingerprint density at radius 1 is 1.61 bits per heavy atom. The molecule has 0 aliphatic carbocycles. The molecule has 94 valence electrons. The van der Waals surface area contributed by atoms with Gasteiger partial charge in [-0.3, -0.25) is 0 Å². The van der Waals surface area contributed by atoms with Crippen molar-refractivity contribution in [3.8, 4) is 6.07 Å². The van der Waals surface area contributed by atoms with Crippen molar-refractivity contribution in [2.45, 2.75) is 6.04 Å². The van der Waals surface area contributed by atoms with E-state index in [2.05, 4.69) is 9.97 Å². The highest BCUT2D eigenvalue weighted by Gasteiger charge is 2.31. The lowest BCUT2D eigenvalue weighted by Crippen LogP contribution is -2.51. The molecule has 7 heteroatoms. The van der Waals surface area contributed by atoms with Crippen molar-refractivity contribution < 1.29 is 14.3 Å². The molecule has 1 aliphatic heterocycles. The average molecular weight is 248 g/mol. The normalized spacial score (nSPS) is 19.1. The zero-order chi connectivity index (χ0) is 13.0. The summed E-state index contributed by atoms with van der Waals surface area (Å²) >= 11 is 0. The molecule has 0 amide bonds. The van der Waals surface area contributed by atoms with Crippen LogP contribution in [0.2, 0.25) is 0 Å². The summed E-state index contributed by atoms with van der Waals surface area (Å²) in [5.41, 5.74) is 0.238. The molecule has 18 heavy (non-hydrogen) atoms. The first-order valence-corrected chi connectivity index (χ1v) is 5.40. The quantitative estimate of drug-likeness (QED) is 0.665. The predicted octanol–water partition coefficient (Wildman–Crippen LogP) is -0.274. The fourth-order valence-electron chi connectivity index (χ4n) is 1.74. The summed E-state index contributed by atoms with van der Waals surface area (Å²) in [6.45, 7) is 1.30. The van der Waals surface area contributed by atoms with Gasteiger partial charge in [-0.05, 0) is 0 Å². The second kappa shape index (κ2) is 5.42. The number of hydrogen-bond acceptors (Lipinski definition) is 7. The first-order valence-electron chi connectivity index (χ1n) is 5.40. The third kappa shape index (κ3) is 2.38. The van der Waals surface area contributed by atoms with Gasteiger partial charge in [0.1, 0.15) is 11.9 Å². The van der Waals surface area contributed by atoms with Crippen LogP contribution in [0.3, 0.4) is 0 Å². The predicted molar refractivity (Wildman–Crippen MR) is 60.7 cm³/mol. The van der Waals surface area contributed by atoms with Crippen LogP contribution in [0.25, 0.3) is 0 Å². The van der Waals surface area contributed by atoms with E-state index >= 15 is 0 Å². The lowest BCUT2D eigenvalue weighted by atomic mass is 10.2. The minimum absolute atomic E-state index is 0.238. The summed E-state index contributed by atoms with van der Waals surface area (Å²) in [6.07, 6.45) is 2.85. The van der Waals surface area contributed by atoms with Crippen LogP contribution in [0.1, 0.15) is 5.69 Å². The smallest absolute Gasteiger partial charge is 0.330 e. The van der Waals surface area contributed by atoms with E-state index in [0.717, 1.165) is 0 Å². The number of ether oxygens (including phenoxy) is 2. The zero-order valence-electron chi connectivity index (χ0n) is 9.87. The van der Waals surface area contributed by atoms with Crippen LogP contribution in [0.4, 0.5) is 5.82 Å². The number of methoxy groups -OCH3 is 1. The van der Waals surface area contributed by atoms with Gasteiger partial charge in [0.25, 0.3) is 0 Å². The number of hydrogen-bond donors (Lipinski definition) is 0. The summed E-state index contributed by atoms with van der Waals surface area (Å²) in [4.78, 5) is 21.4. The topological polar surface area (TPSA) is 88.3 Å². The highest BCUT2D eigenvalue weighted by atomic mass is 16.5. The molecule has 0 saturated carbocycles. The lowest BCUT2D eigenvalue weighted by molar-refractivity contribution is -0.144. The Kier molecular flexibility index (Phi) is 3.69. The van der Waals surface area contributed by atoms with Crippen molar-refractivity contribution >= 4 is 11.8 Å². The van der Waals surface area contributed by atoms with Gasteiger partial charge in [0, 0.05) is 6.54 Å². The van der Waals surface area contributed by atoms with Crippen LogP contribution in [-0.4, -0.2) is 48.8 Å². The number of rotatable bonds is 2. The van der Waals surface area contributed by atoms with Crippen LogP contribution in [0.15, 0.2) is 12.4 Å². The molecule has 2 heterocycles. The van der Waals surface area contributed by atoms with Crippen molar-refractivity contribution in [2.75, 3.05) is 31.8 Å². The number of carbonyl (C=O) groups excluding carboxylic acids is 1. The summed E-state index contributed by atoms with van der Waals surface area (Å²) in [5.74, 6) is 0.161. The maximum absolute atomic E-state index is 11.6. The maximum Gasteiger partial charge on any atom is 0.330 e. The maximum atomic E-state index is 11.6. The number of carbonyl (C=O) groups is 1. The van der Waals surface area contributed by atoms with Gasteiger partial charge in [0.15, 0.2) is 11.7 Å². The third-order valence-electron chi connectivity index (χ3n) is 2.65. The van der Waals surface area contributed by atoms with E-state index in [1.807, 2.05) is 6.07 Å². The number of nitrogens with zero attached hydrogens (tertiary/aromatic N) is 4. The van der Waals surface area contributed by atoms with Crippen LogP contribution >= 0.6 is 0 Å². The molecule has 7 nitrogen and oxygen atoms in total. The Morgan fingerprint density at radius 3 is 3.06 bits per heavy atom. The summed E-state index contributed by atoms with van der Waals surface area (Å²) < 4.78 is 9.98. The Labute approximate surface area is 104 Å². The van der Waals surface area contributed by atoms with E-state index in [-0.39, 0.29) is 18.3 Å². The number of anilines is 1. The molecule has 0 spiro atoms. The van der Waals surface area contributed by atoms with Gasteiger partial charge in [-0.25, -0.2) is 14.8 Å². The highest BCUT2D eigenvalue weighted by molar-refractivity contribution is 5.79. The molecular weight excluding hydrogens is 236 g/mol. The molecule has 0 bridgehead atoms. The summed E-state index contributed by atoms with van der Waals surface area (Å²) in [5, 5.41) is 8.66. The summed E-state index contributed by atoms with van der Waals surface area (Å²) in [7, 11) is 1.33. The van der Waals surface area contributed by atoms with Gasteiger partial charge in [-0.1, -0.05) is 0 Å². The molecule has 1 atom stereocenters. The molecule has 1 fully saturated rings. The van der Waals surface area contributed by atoms with E-state index in [4.69, 9.17) is 14.7 Å². The average Bonchev–Trinajstić information content (AvgIpc) is 2.46.